The van der Waals surface area contributed by atoms with E-state index in [0.29, 0.717) is 19.0 Å². The van der Waals surface area contributed by atoms with E-state index in [9.17, 15) is 4.79 Å². The molecule has 27 heavy (non-hydrogen) atoms. The quantitative estimate of drug-likeness (QED) is 0.426. The Balaban J connectivity index is 1.46. The Morgan fingerprint density at radius 1 is 1.22 bits per heavy atom. The minimum atomic E-state index is 0.158. The van der Waals surface area contributed by atoms with Gasteiger partial charge in [0.1, 0.15) is 0 Å². The van der Waals surface area contributed by atoms with Crippen LogP contribution in [0, 0.1) is 0 Å². The summed E-state index contributed by atoms with van der Waals surface area (Å²) in [6.07, 6.45) is 3.61. The van der Waals surface area contributed by atoms with Gasteiger partial charge in [-0.25, -0.2) is 0 Å². The summed E-state index contributed by atoms with van der Waals surface area (Å²) in [7, 11) is 0. The summed E-state index contributed by atoms with van der Waals surface area (Å²) in [5.41, 5.74) is 1.10. The molecule has 1 aliphatic heterocycles. The van der Waals surface area contributed by atoms with Gasteiger partial charge in [-0.1, -0.05) is 23.7 Å². The normalized spacial score (nSPS) is 17.8. The van der Waals surface area contributed by atoms with Crippen molar-refractivity contribution in [3.63, 3.8) is 0 Å². The van der Waals surface area contributed by atoms with E-state index in [-0.39, 0.29) is 5.91 Å². The van der Waals surface area contributed by atoms with Gasteiger partial charge in [0.25, 0.3) is 0 Å². The zero-order valence-electron chi connectivity index (χ0n) is 16.1. The highest BCUT2D eigenvalue weighted by molar-refractivity contribution is 6.33. The van der Waals surface area contributed by atoms with Crippen LogP contribution in [0.25, 0.3) is 0 Å². The summed E-state index contributed by atoms with van der Waals surface area (Å²) in [4.78, 5) is 21.1. The fourth-order valence-electron chi connectivity index (χ4n) is 3.25. The molecule has 1 amide bonds. The van der Waals surface area contributed by atoms with Crippen LogP contribution < -0.4 is 15.5 Å². The summed E-state index contributed by atoms with van der Waals surface area (Å²) in [6.45, 7) is 7.23. The average Bonchev–Trinajstić information content (AvgIpc) is 3.49. The molecule has 3 rings (SSSR count). The Morgan fingerprint density at radius 3 is 2.63 bits per heavy atom. The van der Waals surface area contributed by atoms with E-state index >= 15 is 0 Å². The Labute approximate surface area is 167 Å². The molecule has 1 aromatic rings. The molecule has 1 aromatic carbocycles. The smallest absolute Gasteiger partial charge is 0.220 e. The monoisotopic (exact) mass is 391 g/mol. The van der Waals surface area contributed by atoms with E-state index in [0.717, 1.165) is 68.7 Å². The molecule has 1 aliphatic carbocycles. The molecule has 7 heteroatoms. The number of carbonyl (C=O) groups excluding carboxylic acids is 1. The number of nitrogens with zero attached hydrogens (tertiary/aromatic N) is 3. The van der Waals surface area contributed by atoms with Crippen molar-refractivity contribution in [1.82, 2.24) is 15.5 Å². The van der Waals surface area contributed by atoms with Crippen molar-refractivity contribution in [3.8, 4) is 0 Å². The minimum Gasteiger partial charge on any atom is -0.367 e. The number of halogens is 1. The number of anilines is 1. The molecule has 2 aliphatic rings. The fraction of sp³-hybridized carbons (Fsp3) is 0.600. The zero-order chi connectivity index (χ0) is 19.1. The van der Waals surface area contributed by atoms with Crippen molar-refractivity contribution >= 4 is 29.2 Å². The van der Waals surface area contributed by atoms with Crippen LogP contribution in [0.5, 0.6) is 0 Å². The lowest BCUT2D eigenvalue weighted by molar-refractivity contribution is -0.121. The van der Waals surface area contributed by atoms with E-state index in [4.69, 9.17) is 16.6 Å². The molecule has 1 heterocycles. The SMILES string of the molecule is CCNC(=NCCCC(=O)NC1CC1)N1CCN(c2ccccc2Cl)CC1. The number of piperazine rings is 1. The molecule has 1 saturated heterocycles. The van der Waals surface area contributed by atoms with Gasteiger partial charge in [0, 0.05) is 51.7 Å². The van der Waals surface area contributed by atoms with E-state index in [1.807, 2.05) is 18.2 Å². The number of rotatable bonds is 7. The number of aliphatic imine (C=N–C) groups is 1. The van der Waals surface area contributed by atoms with Crippen LogP contribution in [0.2, 0.25) is 5.02 Å². The topological polar surface area (TPSA) is 60.0 Å². The molecule has 148 valence electrons. The van der Waals surface area contributed by atoms with Gasteiger partial charge >= 0.3 is 0 Å². The largest absolute Gasteiger partial charge is 0.367 e. The third-order valence-corrected chi connectivity index (χ3v) is 5.19. The van der Waals surface area contributed by atoms with E-state index < -0.39 is 0 Å². The molecule has 0 spiro atoms. The number of hydrogen-bond acceptors (Lipinski definition) is 3. The van der Waals surface area contributed by atoms with E-state index in [1.165, 1.54) is 0 Å². The van der Waals surface area contributed by atoms with Crippen molar-refractivity contribution < 1.29 is 4.79 Å². The highest BCUT2D eigenvalue weighted by atomic mass is 35.5. The lowest BCUT2D eigenvalue weighted by atomic mass is 10.2. The van der Waals surface area contributed by atoms with Gasteiger partial charge in [-0.3, -0.25) is 9.79 Å². The Hall–Kier alpha value is -1.95. The molecule has 0 bridgehead atoms. The predicted octanol–water partition coefficient (Wildman–Crippen LogP) is 2.49. The highest BCUT2D eigenvalue weighted by Crippen LogP contribution is 2.26. The average molecular weight is 392 g/mol. The highest BCUT2D eigenvalue weighted by Gasteiger charge is 2.23. The van der Waals surface area contributed by atoms with Crippen LogP contribution in [0.15, 0.2) is 29.3 Å². The molecule has 6 nitrogen and oxygen atoms in total. The Kier molecular flexibility index (Phi) is 7.21. The number of para-hydroxylation sites is 1. The Bertz CT molecular complexity index is 654. The van der Waals surface area contributed by atoms with Crippen LogP contribution in [-0.4, -0.2) is 62.1 Å². The number of nitrogens with one attached hydrogen (secondary N) is 2. The fourth-order valence-corrected chi connectivity index (χ4v) is 3.50. The maximum atomic E-state index is 11.8. The summed E-state index contributed by atoms with van der Waals surface area (Å²) in [6, 6.07) is 8.44. The number of guanidine groups is 1. The van der Waals surface area contributed by atoms with Gasteiger partial charge in [-0.2, -0.15) is 0 Å². The van der Waals surface area contributed by atoms with Crippen LogP contribution in [0.3, 0.4) is 0 Å². The minimum absolute atomic E-state index is 0.158. The van der Waals surface area contributed by atoms with Gasteiger partial charge in [-0.05, 0) is 38.3 Å². The standard InChI is InChI=1S/C20H30ClN5O/c1-2-22-20(23-11-5-8-19(27)24-16-9-10-16)26-14-12-25(13-15-26)18-7-4-3-6-17(18)21/h3-4,6-7,16H,2,5,8-15H2,1H3,(H,22,23)(H,24,27). The lowest BCUT2D eigenvalue weighted by Crippen LogP contribution is -2.52. The lowest BCUT2D eigenvalue weighted by Gasteiger charge is -2.38. The third-order valence-electron chi connectivity index (χ3n) is 4.87. The summed E-state index contributed by atoms with van der Waals surface area (Å²) >= 11 is 6.33. The van der Waals surface area contributed by atoms with Gasteiger partial charge in [0.05, 0.1) is 10.7 Å². The second-order valence-electron chi connectivity index (χ2n) is 7.11. The van der Waals surface area contributed by atoms with Crippen molar-refractivity contribution in [3.05, 3.63) is 29.3 Å². The van der Waals surface area contributed by atoms with Crippen molar-refractivity contribution in [2.45, 2.75) is 38.6 Å². The molecule has 1 saturated carbocycles. The number of amides is 1. The van der Waals surface area contributed by atoms with Gasteiger partial charge in [0.2, 0.25) is 5.91 Å². The van der Waals surface area contributed by atoms with Crippen molar-refractivity contribution in [1.29, 1.82) is 0 Å². The predicted molar refractivity (Wildman–Crippen MR) is 112 cm³/mol. The molecule has 2 N–H and O–H groups in total. The van der Waals surface area contributed by atoms with E-state index in [1.54, 1.807) is 0 Å². The summed E-state index contributed by atoms with van der Waals surface area (Å²) < 4.78 is 0. The van der Waals surface area contributed by atoms with Gasteiger partial charge in [0.15, 0.2) is 5.96 Å². The molecule has 0 aromatic heterocycles. The first-order chi connectivity index (χ1) is 13.2. The first-order valence-electron chi connectivity index (χ1n) is 9.99. The van der Waals surface area contributed by atoms with Crippen molar-refractivity contribution in [2.24, 2.45) is 4.99 Å². The van der Waals surface area contributed by atoms with Crippen LogP contribution in [-0.2, 0) is 4.79 Å². The van der Waals surface area contributed by atoms with Crippen LogP contribution in [0.1, 0.15) is 32.6 Å². The van der Waals surface area contributed by atoms with Crippen LogP contribution >= 0.6 is 11.6 Å². The van der Waals surface area contributed by atoms with Crippen LogP contribution in [0.4, 0.5) is 5.69 Å². The maximum Gasteiger partial charge on any atom is 0.220 e. The molecule has 2 fully saturated rings. The zero-order valence-corrected chi connectivity index (χ0v) is 16.8. The van der Waals surface area contributed by atoms with Gasteiger partial charge < -0.3 is 20.4 Å². The molecule has 0 unspecified atom stereocenters. The van der Waals surface area contributed by atoms with Gasteiger partial charge in [-0.15, -0.1) is 0 Å². The first-order valence-corrected chi connectivity index (χ1v) is 10.4. The summed E-state index contributed by atoms with van der Waals surface area (Å²) in [5.74, 6) is 1.10. The molecule has 0 radical (unpaired) electrons. The summed E-state index contributed by atoms with van der Waals surface area (Å²) in [5, 5.41) is 7.21. The Morgan fingerprint density at radius 2 is 1.96 bits per heavy atom. The molecular formula is C20H30ClN5O. The molecular weight excluding hydrogens is 362 g/mol. The second kappa shape index (κ2) is 9.83. The third kappa shape index (κ3) is 6.03. The van der Waals surface area contributed by atoms with E-state index in [2.05, 4.69) is 33.4 Å². The maximum absolute atomic E-state index is 11.8. The number of benzene rings is 1. The number of hydrogen-bond donors (Lipinski definition) is 2. The first kappa shape index (κ1) is 19.8. The van der Waals surface area contributed by atoms with Crippen molar-refractivity contribution in [2.75, 3.05) is 44.2 Å². The molecule has 0 atom stereocenters. The second-order valence-corrected chi connectivity index (χ2v) is 7.51. The number of carbonyl (C=O) groups is 1.